The molecule has 4 rings (SSSR count). The number of thiophene rings is 1. The first kappa shape index (κ1) is 16.5. The molecule has 0 unspecified atom stereocenters. The maximum absolute atomic E-state index is 13.1. The highest BCUT2D eigenvalue weighted by atomic mass is 32.1. The van der Waals surface area contributed by atoms with Gasteiger partial charge in [0.25, 0.3) is 5.56 Å². The predicted molar refractivity (Wildman–Crippen MR) is 109 cm³/mol. The maximum atomic E-state index is 13.1. The van der Waals surface area contributed by atoms with Gasteiger partial charge in [0.15, 0.2) is 0 Å². The van der Waals surface area contributed by atoms with Crippen molar-refractivity contribution in [1.29, 1.82) is 0 Å². The molecule has 0 saturated carbocycles. The van der Waals surface area contributed by atoms with Gasteiger partial charge in [-0.2, -0.15) is 0 Å². The summed E-state index contributed by atoms with van der Waals surface area (Å²) in [5, 5.41) is 0.921. The second-order valence-electron chi connectivity index (χ2n) is 6.21. The van der Waals surface area contributed by atoms with Crippen LogP contribution in [0.4, 0.5) is 5.69 Å². The summed E-state index contributed by atoms with van der Waals surface area (Å²) in [5.74, 6) is 0. The van der Waals surface area contributed by atoms with Crippen LogP contribution in [0.2, 0.25) is 0 Å². The van der Waals surface area contributed by atoms with Crippen molar-refractivity contribution in [3.05, 3.63) is 71.4 Å². The van der Waals surface area contributed by atoms with E-state index in [9.17, 15) is 4.79 Å². The van der Waals surface area contributed by atoms with Crippen molar-refractivity contribution in [2.75, 3.05) is 18.5 Å². The van der Waals surface area contributed by atoms with E-state index in [-0.39, 0.29) is 5.56 Å². The van der Waals surface area contributed by atoms with Crippen molar-refractivity contribution >= 4 is 37.5 Å². The van der Waals surface area contributed by atoms with Crippen LogP contribution >= 0.6 is 11.3 Å². The lowest BCUT2D eigenvalue weighted by Crippen LogP contribution is -2.18. The normalized spacial score (nSPS) is 11.2. The molecule has 0 aliphatic carbocycles. The quantitative estimate of drug-likeness (QED) is 0.516. The topological polar surface area (TPSA) is 51.0 Å². The predicted octanol–water partition coefficient (Wildman–Crippen LogP) is 3.93. The second kappa shape index (κ2) is 6.38. The van der Waals surface area contributed by atoms with Crippen molar-refractivity contribution in [2.24, 2.45) is 0 Å². The molecule has 0 amide bonds. The summed E-state index contributed by atoms with van der Waals surface area (Å²) in [6, 6.07) is 9.78. The fourth-order valence-corrected chi connectivity index (χ4v) is 4.08. The standard InChI is InChI=1S/C20H18N4OS/c1-4-11-23(3)15-9-10-21-19-16(15)17-18(26-19)20(25)24(12-22-17)14-7-5-13(2)6-8-14/h4-10,12H,1,11H2,2-3H3. The van der Waals surface area contributed by atoms with Crippen LogP contribution in [0, 0.1) is 6.92 Å². The van der Waals surface area contributed by atoms with Crippen LogP contribution < -0.4 is 10.5 Å². The molecule has 26 heavy (non-hydrogen) atoms. The first-order chi connectivity index (χ1) is 12.6. The van der Waals surface area contributed by atoms with Crippen LogP contribution in [0.5, 0.6) is 0 Å². The summed E-state index contributed by atoms with van der Waals surface area (Å²) in [5.41, 5.74) is 3.60. The lowest BCUT2D eigenvalue weighted by molar-refractivity contribution is 0.966. The van der Waals surface area contributed by atoms with Gasteiger partial charge in [-0.25, -0.2) is 9.97 Å². The Kier molecular flexibility index (Phi) is 4.05. The van der Waals surface area contributed by atoms with E-state index in [1.54, 1.807) is 17.1 Å². The molecule has 1 aromatic carbocycles. The summed E-state index contributed by atoms with van der Waals surface area (Å²) < 4.78 is 2.21. The Morgan fingerprint density at radius 3 is 2.73 bits per heavy atom. The van der Waals surface area contributed by atoms with Crippen LogP contribution in [0.1, 0.15) is 5.56 Å². The number of aryl methyl sites for hydroxylation is 1. The van der Waals surface area contributed by atoms with Gasteiger partial charge in [-0.1, -0.05) is 23.8 Å². The molecule has 0 aliphatic rings. The molecule has 0 fully saturated rings. The molecular weight excluding hydrogens is 344 g/mol. The summed E-state index contributed by atoms with van der Waals surface area (Å²) in [7, 11) is 1.99. The van der Waals surface area contributed by atoms with Gasteiger partial charge < -0.3 is 4.90 Å². The number of rotatable bonds is 4. The van der Waals surface area contributed by atoms with E-state index in [0.717, 1.165) is 27.2 Å². The van der Waals surface area contributed by atoms with Crippen LogP contribution in [-0.4, -0.2) is 28.1 Å². The Bertz CT molecular complexity index is 1170. The Morgan fingerprint density at radius 1 is 1.23 bits per heavy atom. The molecule has 0 radical (unpaired) electrons. The highest BCUT2D eigenvalue weighted by molar-refractivity contribution is 7.25. The number of hydrogen-bond acceptors (Lipinski definition) is 5. The molecule has 0 atom stereocenters. The number of fused-ring (bicyclic) bond motifs is 3. The van der Waals surface area contributed by atoms with Gasteiger partial charge >= 0.3 is 0 Å². The highest BCUT2D eigenvalue weighted by Crippen LogP contribution is 2.35. The van der Waals surface area contributed by atoms with Crippen molar-refractivity contribution in [3.63, 3.8) is 0 Å². The number of pyridine rings is 1. The number of hydrogen-bond donors (Lipinski definition) is 0. The van der Waals surface area contributed by atoms with E-state index >= 15 is 0 Å². The molecule has 0 spiro atoms. The average Bonchev–Trinajstić information content (AvgIpc) is 3.03. The van der Waals surface area contributed by atoms with E-state index in [0.29, 0.717) is 16.8 Å². The van der Waals surface area contributed by atoms with Gasteiger partial charge in [0.1, 0.15) is 21.4 Å². The van der Waals surface area contributed by atoms with E-state index in [2.05, 4.69) is 21.4 Å². The fourth-order valence-electron chi connectivity index (χ4n) is 3.04. The van der Waals surface area contributed by atoms with Crippen LogP contribution in [-0.2, 0) is 0 Å². The largest absolute Gasteiger partial charge is 0.370 e. The molecular formula is C20H18N4OS. The SMILES string of the molecule is C=CCN(C)c1ccnc2sc3c(=O)n(-c4ccc(C)cc4)cnc3c12. The minimum absolute atomic E-state index is 0.0702. The zero-order chi connectivity index (χ0) is 18.3. The summed E-state index contributed by atoms with van der Waals surface area (Å²) >= 11 is 1.39. The van der Waals surface area contributed by atoms with Gasteiger partial charge in [0, 0.05) is 19.8 Å². The first-order valence-electron chi connectivity index (χ1n) is 8.28. The zero-order valence-corrected chi connectivity index (χ0v) is 15.5. The first-order valence-corrected chi connectivity index (χ1v) is 9.09. The third-order valence-electron chi connectivity index (χ3n) is 4.39. The zero-order valence-electron chi connectivity index (χ0n) is 14.6. The lowest BCUT2D eigenvalue weighted by atomic mass is 10.2. The fraction of sp³-hybridized carbons (Fsp3) is 0.150. The number of nitrogens with zero attached hydrogens (tertiary/aromatic N) is 4. The van der Waals surface area contributed by atoms with Crippen molar-refractivity contribution < 1.29 is 0 Å². The van der Waals surface area contributed by atoms with Crippen molar-refractivity contribution in [1.82, 2.24) is 14.5 Å². The van der Waals surface area contributed by atoms with Gasteiger partial charge in [-0.15, -0.1) is 17.9 Å². The summed E-state index contributed by atoms with van der Waals surface area (Å²) in [4.78, 5) is 25.0. The second-order valence-corrected chi connectivity index (χ2v) is 7.21. The Morgan fingerprint density at radius 2 is 2.00 bits per heavy atom. The molecule has 4 aromatic rings. The third-order valence-corrected chi connectivity index (χ3v) is 5.46. The molecule has 3 heterocycles. The van der Waals surface area contributed by atoms with Gasteiger partial charge in [-0.3, -0.25) is 9.36 Å². The maximum Gasteiger partial charge on any atom is 0.275 e. The van der Waals surface area contributed by atoms with E-state index in [1.807, 2.05) is 50.4 Å². The van der Waals surface area contributed by atoms with Crippen LogP contribution in [0.15, 0.2) is 60.3 Å². The van der Waals surface area contributed by atoms with E-state index in [4.69, 9.17) is 0 Å². The molecule has 3 aromatic heterocycles. The number of anilines is 1. The van der Waals surface area contributed by atoms with Crippen molar-refractivity contribution in [2.45, 2.75) is 6.92 Å². The van der Waals surface area contributed by atoms with Gasteiger partial charge in [0.2, 0.25) is 0 Å². The van der Waals surface area contributed by atoms with Gasteiger partial charge in [0.05, 0.1) is 16.8 Å². The third kappa shape index (κ3) is 2.59. The number of likely N-dealkylation sites (N-methyl/N-ethyl adjacent to an activating group) is 1. The molecule has 0 aliphatic heterocycles. The van der Waals surface area contributed by atoms with Gasteiger partial charge in [-0.05, 0) is 25.1 Å². The Balaban J connectivity index is 1.98. The molecule has 130 valence electrons. The minimum Gasteiger partial charge on any atom is -0.370 e. The van der Waals surface area contributed by atoms with Crippen molar-refractivity contribution in [3.8, 4) is 5.69 Å². The van der Waals surface area contributed by atoms with E-state index in [1.165, 1.54) is 11.3 Å². The van der Waals surface area contributed by atoms with Crippen LogP contribution in [0.25, 0.3) is 26.1 Å². The van der Waals surface area contributed by atoms with Crippen LogP contribution in [0.3, 0.4) is 0 Å². The lowest BCUT2D eigenvalue weighted by Gasteiger charge is -2.17. The molecule has 0 bridgehead atoms. The monoisotopic (exact) mass is 362 g/mol. The Hall–Kier alpha value is -2.99. The molecule has 0 N–H and O–H groups in total. The Labute approximate surface area is 154 Å². The highest BCUT2D eigenvalue weighted by Gasteiger charge is 2.17. The summed E-state index contributed by atoms with van der Waals surface area (Å²) in [6.45, 7) is 6.52. The molecule has 5 nitrogen and oxygen atoms in total. The molecule has 0 saturated heterocycles. The average molecular weight is 362 g/mol. The van der Waals surface area contributed by atoms with E-state index < -0.39 is 0 Å². The number of benzene rings is 1. The summed E-state index contributed by atoms with van der Waals surface area (Å²) in [6.07, 6.45) is 5.22. The molecule has 6 heteroatoms. The minimum atomic E-state index is -0.0702. The smallest absolute Gasteiger partial charge is 0.275 e. The number of aromatic nitrogens is 3.